The van der Waals surface area contributed by atoms with Gasteiger partial charge in [0.05, 0.1) is 0 Å². The first-order valence-corrected chi connectivity index (χ1v) is 7.80. The minimum Gasteiger partial charge on any atom is -0.396 e. The van der Waals surface area contributed by atoms with E-state index in [0.29, 0.717) is 4.88 Å². The smallest absolute Gasteiger partial charge is 0.396 e. The van der Waals surface area contributed by atoms with Crippen LogP contribution in [0.25, 0.3) is 0 Å². The lowest BCUT2D eigenvalue weighted by molar-refractivity contribution is -0.160. The van der Waals surface area contributed by atoms with E-state index < -0.39 is 21.7 Å². The third-order valence-corrected chi connectivity index (χ3v) is 6.06. The van der Waals surface area contributed by atoms with Gasteiger partial charge in [0.25, 0.3) is 10.0 Å². The lowest BCUT2D eigenvalue weighted by atomic mass is 10.3. The standard InChI is InChI=1S/C10H12F3NO3S2/c11-10(12,13)9(4-5-9)14-19(16,17)8-2-1-7(18-8)3-6-15/h1-2,14-15H,3-6H2. The van der Waals surface area contributed by atoms with E-state index in [1.807, 2.05) is 0 Å². The van der Waals surface area contributed by atoms with Crippen molar-refractivity contribution in [2.45, 2.75) is 35.2 Å². The van der Waals surface area contributed by atoms with Crippen LogP contribution in [0.1, 0.15) is 17.7 Å². The highest BCUT2D eigenvalue weighted by atomic mass is 32.2. The van der Waals surface area contributed by atoms with E-state index in [4.69, 9.17) is 5.11 Å². The molecule has 0 atom stereocenters. The Balaban J connectivity index is 2.19. The molecule has 0 aliphatic heterocycles. The fourth-order valence-electron chi connectivity index (χ4n) is 1.62. The molecular formula is C10H12F3NO3S2. The van der Waals surface area contributed by atoms with Gasteiger partial charge in [0.15, 0.2) is 0 Å². The fourth-order valence-corrected chi connectivity index (χ4v) is 4.41. The van der Waals surface area contributed by atoms with Gasteiger partial charge in [0, 0.05) is 17.9 Å². The van der Waals surface area contributed by atoms with Crippen LogP contribution in [0.3, 0.4) is 0 Å². The first kappa shape index (κ1) is 14.8. The molecule has 4 nitrogen and oxygen atoms in total. The molecule has 108 valence electrons. The van der Waals surface area contributed by atoms with Crippen molar-refractivity contribution in [1.82, 2.24) is 4.72 Å². The largest absolute Gasteiger partial charge is 0.407 e. The van der Waals surface area contributed by atoms with Gasteiger partial charge in [-0.2, -0.15) is 17.9 Å². The van der Waals surface area contributed by atoms with Crippen LogP contribution in [-0.4, -0.2) is 31.8 Å². The average molecular weight is 315 g/mol. The number of thiophene rings is 1. The minimum absolute atomic E-state index is 0.139. The van der Waals surface area contributed by atoms with Gasteiger partial charge < -0.3 is 5.11 Å². The molecular weight excluding hydrogens is 303 g/mol. The van der Waals surface area contributed by atoms with E-state index in [1.165, 1.54) is 12.1 Å². The highest BCUT2D eigenvalue weighted by Gasteiger charge is 2.65. The minimum atomic E-state index is -4.58. The van der Waals surface area contributed by atoms with Crippen molar-refractivity contribution >= 4 is 21.4 Å². The molecule has 0 spiro atoms. The van der Waals surface area contributed by atoms with E-state index in [9.17, 15) is 21.6 Å². The van der Waals surface area contributed by atoms with E-state index >= 15 is 0 Å². The lowest BCUT2D eigenvalue weighted by Gasteiger charge is -2.19. The van der Waals surface area contributed by atoms with Crippen molar-refractivity contribution < 1.29 is 26.7 Å². The molecule has 2 N–H and O–H groups in total. The summed E-state index contributed by atoms with van der Waals surface area (Å²) in [5.41, 5.74) is -2.30. The fraction of sp³-hybridized carbons (Fsp3) is 0.600. The zero-order chi connectivity index (χ0) is 14.3. The number of hydrogen-bond donors (Lipinski definition) is 2. The summed E-state index contributed by atoms with van der Waals surface area (Å²) >= 11 is 0.866. The van der Waals surface area contributed by atoms with Gasteiger partial charge in [-0.1, -0.05) is 0 Å². The highest BCUT2D eigenvalue weighted by Crippen LogP contribution is 2.49. The van der Waals surface area contributed by atoms with Crippen LogP contribution in [0, 0.1) is 0 Å². The summed E-state index contributed by atoms with van der Waals surface area (Å²) in [4.78, 5) is 0.611. The molecule has 0 radical (unpaired) electrons. The van der Waals surface area contributed by atoms with Crippen LogP contribution in [0.2, 0.25) is 0 Å². The molecule has 0 saturated heterocycles. The number of halogens is 3. The molecule has 1 fully saturated rings. The second-order valence-electron chi connectivity index (χ2n) is 4.38. The number of aliphatic hydroxyl groups is 1. The summed E-state index contributed by atoms with van der Waals surface area (Å²) in [5, 5.41) is 8.73. The van der Waals surface area contributed by atoms with Crippen molar-refractivity contribution in [3.8, 4) is 0 Å². The molecule has 0 amide bonds. The predicted octanol–water partition coefficient (Wildman–Crippen LogP) is 1.66. The average Bonchev–Trinajstić information content (AvgIpc) is 2.89. The van der Waals surface area contributed by atoms with Crippen molar-refractivity contribution in [3.05, 3.63) is 17.0 Å². The Morgan fingerprint density at radius 2 is 2.00 bits per heavy atom. The van der Waals surface area contributed by atoms with E-state index in [0.717, 1.165) is 11.3 Å². The molecule has 0 aromatic carbocycles. The van der Waals surface area contributed by atoms with Crippen LogP contribution in [0.15, 0.2) is 16.3 Å². The molecule has 0 bridgehead atoms. The molecule has 1 saturated carbocycles. The van der Waals surface area contributed by atoms with Crippen LogP contribution < -0.4 is 4.72 Å². The Bertz CT molecular complexity index is 561. The zero-order valence-electron chi connectivity index (χ0n) is 9.70. The molecule has 1 aromatic rings. The topological polar surface area (TPSA) is 66.4 Å². The zero-order valence-corrected chi connectivity index (χ0v) is 11.3. The number of sulfonamides is 1. The monoisotopic (exact) mass is 315 g/mol. The third kappa shape index (κ3) is 2.93. The summed E-state index contributed by atoms with van der Waals surface area (Å²) in [5.74, 6) is 0. The summed E-state index contributed by atoms with van der Waals surface area (Å²) in [6.07, 6.45) is -4.76. The number of alkyl halides is 3. The Morgan fingerprint density at radius 3 is 2.47 bits per heavy atom. The summed E-state index contributed by atoms with van der Waals surface area (Å²) in [6.45, 7) is -0.139. The molecule has 1 heterocycles. The highest BCUT2D eigenvalue weighted by molar-refractivity contribution is 7.91. The Morgan fingerprint density at radius 1 is 1.37 bits per heavy atom. The predicted molar refractivity (Wildman–Crippen MR) is 63.5 cm³/mol. The second-order valence-corrected chi connectivity index (χ2v) is 7.46. The Hall–Kier alpha value is -0.640. The van der Waals surface area contributed by atoms with Gasteiger partial charge >= 0.3 is 6.18 Å². The van der Waals surface area contributed by atoms with Crippen LogP contribution in [-0.2, 0) is 16.4 Å². The maximum Gasteiger partial charge on any atom is 0.407 e. The Kier molecular flexibility index (Phi) is 3.67. The molecule has 1 aliphatic rings. The third-order valence-electron chi connectivity index (χ3n) is 2.88. The normalized spacial score (nSPS) is 18.5. The summed E-state index contributed by atoms with van der Waals surface area (Å²) < 4.78 is 63.5. The molecule has 1 aliphatic carbocycles. The molecule has 1 aromatic heterocycles. The van der Waals surface area contributed by atoms with Crippen molar-refractivity contribution in [2.75, 3.05) is 6.61 Å². The van der Waals surface area contributed by atoms with Crippen molar-refractivity contribution in [3.63, 3.8) is 0 Å². The van der Waals surface area contributed by atoms with Crippen LogP contribution >= 0.6 is 11.3 Å². The maximum atomic E-state index is 12.7. The first-order valence-electron chi connectivity index (χ1n) is 5.50. The number of rotatable bonds is 5. The van der Waals surface area contributed by atoms with Crippen LogP contribution in [0.4, 0.5) is 13.2 Å². The first-order chi connectivity index (χ1) is 8.70. The van der Waals surface area contributed by atoms with Gasteiger partial charge in [-0.05, 0) is 25.0 Å². The second kappa shape index (κ2) is 4.72. The molecule has 2 rings (SSSR count). The van der Waals surface area contributed by atoms with Gasteiger partial charge in [0.1, 0.15) is 9.75 Å². The van der Waals surface area contributed by atoms with Gasteiger partial charge in [-0.25, -0.2) is 8.42 Å². The quantitative estimate of drug-likeness (QED) is 0.868. The van der Waals surface area contributed by atoms with E-state index in [1.54, 1.807) is 4.72 Å². The van der Waals surface area contributed by atoms with Crippen LogP contribution in [0.5, 0.6) is 0 Å². The van der Waals surface area contributed by atoms with E-state index in [2.05, 4.69) is 0 Å². The molecule has 9 heteroatoms. The molecule has 0 unspecified atom stereocenters. The summed E-state index contributed by atoms with van der Waals surface area (Å²) in [6, 6.07) is 2.74. The molecule has 19 heavy (non-hydrogen) atoms. The van der Waals surface area contributed by atoms with Gasteiger partial charge in [-0.3, -0.25) is 0 Å². The number of hydrogen-bond acceptors (Lipinski definition) is 4. The SMILES string of the molecule is O=S(=O)(NC1(C(F)(F)F)CC1)c1ccc(CCO)s1. The number of aliphatic hydroxyl groups excluding tert-OH is 1. The van der Waals surface area contributed by atoms with E-state index in [-0.39, 0.29) is 30.1 Å². The van der Waals surface area contributed by atoms with Gasteiger partial charge in [-0.15, -0.1) is 11.3 Å². The Labute approximate surface area is 112 Å². The maximum absolute atomic E-state index is 12.7. The summed E-state index contributed by atoms with van der Waals surface area (Å²) in [7, 11) is -4.17. The lowest BCUT2D eigenvalue weighted by Crippen LogP contribution is -2.47. The number of nitrogens with one attached hydrogen (secondary N) is 1. The van der Waals surface area contributed by atoms with Crippen molar-refractivity contribution in [2.24, 2.45) is 0 Å². The van der Waals surface area contributed by atoms with Gasteiger partial charge in [0.2, 0.25) is 0 Å². The van der Waals surface area contributed by atoms with Crippen molar-refractivity contribution in [1.29, 1.82) is 0 Å².